The number of hydrogen-bond acceptors (Lipinski definition) is 2. The Balaban J connectivity index is 1.16. The van der Waals surface area contributed by atoms with Crippen molar-refractivity contribution in [3.8, 4) is 33.4 Å². The van der Waals surface area contributed by atoms with Crippen LogP contribution in [0.15, 0.2) is 199 Å². The quantitative estimate of drug-likeness (QED) is 0.158. The summed E-state index contributed by atoms with van der Waals surface area (Å²) in [4.78, 5) is 2.48. The molecule has 0 aliphatic heterocycles. The van der Waals surface area contributed by atoms with Crippen molar-refractivity contribution >= 4 is 33.3 Å². The lowest BCUT2D eigenvalue weighted by Gasteiger charge is -2.31. The number of hydrogen-bond donors (Lipinski definition) is 0. The van der Waals surface area contributed by atoms with E-state index >= 15 is 0 Å². The van der Waals surface area contributed by atoms with E-state index in [0.717, 1.165) is 34.3 Å². The first-order chi connectivity index (χ1) is 26.6. The van der Waals surface area contributed by atoms with Crippen molar-refractivity contribution in [1.82, 2.24) is 0 Å². The lowest BCUT2D eigenvalue weighted by Crippen LogP contribution is -2.26. The summed E-state index contributed by atoms with van der Waals surface area (Å²) >= 11 is 0. The molecule has 9 aromatic rings. The van der Waals surface area contributed by atoms with Gasteiger partial charge < -0.3 is 9.32 Å². The van der Waals surface area contributed by atoms with E-state index in [9.17, 15) is 0 Å². The van der Waals surface area contributed by atoms with Gasteiger partial charge in [-0.1, -0.05) is 165 Å². The Bertz CT molecular complexity index is 2730. The van der Waals surface area contributed by atoms with Crippen molar-refractivity contribution in [1.29, 1.82) is 0 Å². The first-order valence-electron chi connectivity index (χ1n) is 18.8. The average molecular weight is 694 g/mol. The van der Waals surface area contributed by atoms with Gasteiger partial charge in [0.1, 0.15) is 11.2 Å². The maximum Gasteiger partial charge on any atom is 0.135 e. The molecule has 1 aliphatic rings. The molecule has 0 bridgehead atoms. The Labute approximate surface area is 316 Å². The van der Waals surface area contributed by atoms with Crippen molar-refractivity contribution in [3.63, 3.8) is 0 Å². The van der Waals surface area contributed by atoms with Crippen LogP contribution in [0.4, 0.5) is 11.4 Å². The second-order valence-corrected chi connectivity index (χ2v) is 14.7. The first-order valence-corrected chi connectivity index (χ1v) is 18.8. The molecule has 1 heterocycles. The fourth-order valence-corrected chi connectivity index (χ4v) is 8.82. The molecule has 8 aromatic carbocycles. The summed E-state index contributed by atoms with van der Waals surface area (Å²) in [5.74, 6) is 0. The van der Waals surface area contributed by atoms with E-state index in [1.807, 2.05) is 0 Å². The van der Waals surface area contributed by atoms with Crippen LogP contribution in [0.5, 0.6) is 0 Å². The van der Waals surface area contributed by atoms with Gasteiger partial charge in [-0.05, 0) is 98.5 Å². The lowest BCUT2D eigenvalue weighted by atomic mass is 9.74. The van der Waals surface area contributed by atoms with Gasteiger partial charge in [-0.2, -0.15) is 0 Å². The zero-order valence-electron chi connectivity index (χ0n) is 30.2. The van der Waals surface area contributed by atoms with Gasteiger partial charge in [0.25, 0.3) is 0 Å². The maximum absolute atomic E-state index is 6.57. The highest BCUT2D eigenvalue weighted by molar-refractivity contribution is 6.07. The molecule has 0 spiro atoms. The molecule has 0 fully saturated rings. The Morgan fingerprint density at radius 1 is 0.463 bits per heavy atom. The third-order valence-electron chi connectivity index (χ3n) is 11.5. The Morgan fingerprint density at radius 3 is 1.74 bits per heavy atom. The molecule has 0 radical (unpaired) electrons. The van der Waals surface area contributed by atoms with Gasteiger partial charge in [-0.15, -0.1) is 0 Å². The molecule has 0 amide bonds. The summed E-state index contributed by atoms with van der Waals surface area (Å²) in [6.45, 7) is 3.12. The molecule has 54 heavy (non-hydrogen) atoms. The second-order valence-electron chi connectivity index (χ2n) is 14.7. The molecule has 258 valence electrons. The topological polar surface area (TPSA) is 16.4 Å². The molecule has 0 saturated carbocycles. The Kier molecular flexibility index (Phi) is 7.77. The molecule has 0 saturated heterocycles. The zero-order chi connectivity index (χ0) is 36.1. The van der Waals surface area contributed by atoms with Gasteiger partial charge in [-0.3, -0.25) is 0 Å². The Morgan fingerprint density at radius 2 is 1.04 bits per heavy atom. The van der Waals surface area contributed by atoms with Gasteiger partial charge >= 0.3 is 0 Å². The zero-order valence-corrected chi connectivity index (χ0v) is 30.2. The maximum atomic E-state index is 6.57. The minimum Gasteiger partial charge on any atom is -0.456 e. The molecule has 0 N–H and O–H groups in total. The van der Waals surface area contributed by atoms with Crippen molar-refractivity contribution in [2.45, 2.75) is 25.3 Å². The van der Waals surface area contributed by atoms with E-state index in [1.165, 1.54) is 61.0 Å². The summed E-state index contributed by atoms with van der Waals surface area (Å²) in [7, 11) is 0. The molecule has 1 aliphatic carbocycles. The molecule has 2 heteroatoms. The van der Waals surface area contributed by atoms with Gasteiger partial charge in [0.05, 0.1) is 0 Å². The highest BCUT2D eigenvalue weighted by Gasteiger charge is 2.40. The van der Waals surface area contributed by atoms with Crippen LogP contribution in [0.3, 0.4) is 0 Å². The van der Waals surface area contributed by atoms with Crippen LogP contribution in [-0.2, 0) is 18.4 Å². The first kappa shape index (κ1) is 32.0. The SMILES string of the molecule is CC1(Cc2c(CN(c3ccc(-c4ccccc4)cc3)c3cccc(-c4ccccc4)c3)ccc3oc4ccccc4c23)c2ccccc2-c2ccccc21. The normalized spacial score (nSPS) is 12.8. The van der Waals surface area contributed by atoms with Crippen LogP contribution in [-0.4, -0.2) is 0 Å². The van der Waals surface area contributed by atoms with Gasteiger partial charge in [0.15, 0.2) is 0 Å². The van der Waals surface area contributed by atoms with Gasteiger partial charge in [0.2, 0.25) is 0 Å². The summed E-state index contributed by atoms with van der Waals surface area (Å²) in [6, 6.07) is 70.3. The van der Waals surface area contributed by atoms with Crippen LogP contribution >= 0.6 is 0 Å². The fraction of sp³-hybridized carbons (Fsp3) is 0.0769. The number of benzene rings is 8. The number of para-hydroxylation sites is 1. The summed E-state index contributed by atoms with van der Waals surface area (Å²) in [5.41, 5.74) is 16.8. The van der Waals surface area contributed by atoms with E-state index in [2.05, 4.69) is 206 Å². The monoisotopic (exact) mass is 693 g/mol. The van der Waals surface area contributed by atoms with Crippen molar-refractivity contribution in [3.05, 3.63) is 216 Å². The predicted octanol–water partition coefficient (Wildman–Crippen LogP) is 13.8. The minimum atomic E-state index is -0.232. The van der Waals surface area contributed by atoms with Crippen LogP contribution in [0.1, 0.15) is 29.2 Å². The van der Waals surface area contributed by atoms with Crippen molar-refractivity contribution < 1.29 is 4.42 Å². The van der Waals surface area contributed by atoms with E-state index in [1.54, 1.807) is 0 Å². The number of nitrogens with zero attached hydrogens (tertiary/aromatic N) is 1. The standard InChI is InChI=1S/C52H39NO/c1-52(47-24-11-8-21-43(47)44-22-9-12-25-48(44)52)34-46-40(29-32-50-51(46)45-23-10-13-26-49(45)54-50)35-53(41-30-27-38(28-31-41)36-15-4-2-5-16-36)42-20-14-19-39(33-42)37-17-6-3-7-18-37/h2-33H,34-35H2,1H3. The third-order valence-corrected chi connectivity index (χ3v) is 11.5. The molecule has 10 rings (SSSR count). The lowest BCUT2D eigenvalue weighted by molar-refractivity contribution is 0.581. The van der Waals surface area contributed by atoms with E-state index in [4.69, 9.17) is 4.42 Å². The highest BCUT2D eigenvalue weighted by Crippen LogP contribution is 2.51. The third kappa shape index (κ3) is 5.42. The smallest absolute Gasteiger partial charge is 0.135 e. The summed E-state index contributed by atoms with van der Waals surface area (Å²) in [5, 5.41) is 2.38. The van der Waals surface area contributed by atoms with Crippen LogP contribution in [0, 0.1) is 0 Å². The minimum absolute atomic E-state index is 0.232. The van der Waals surface area contributed by atoms with E-state index in [-0.39, 0.29) is 5.41 Å². The second kappa shape index (κ2) is 13.1. The van der Waals surface area contributed by atoms with Crippen LogP contribution < -0.4 is 4.90 Å². The number of fused-ring (bicyclic) bond motifs is 6. The molecule has 2 nitrogen and oxygen atoms in total. The van der Waals surface area contributed by atoms with Crippen molar-refractivity contribution in [2.75, 3.05) is 4.90 Å². The fourth-order valence-electron chi connectivity index (χ4n) is 8.82. The molecular formula is C52H39NO. The van der Waals surface area contributed by atoms with Crippen LogP contribution in [0.25, 0.3) is 55.3 Å². The molecule has 0 atom stereocenters. The summed E-state index contributed by atoms with van der Waals surface area (Å²) < 4.78 is 6.57. The average Bonchev–Trinajstić information content (AvgIpc) is 3.74. The molecule has 1 aromatic heterocycles. The predicted molar refractivity (Wildman–Crippen MR) is 225 cm³/mol. The van der Waals surface area contributed by atoms with Gasteiger partial charge in [0, 0.05) is 34.1 Å². The number of furan rings is 1. The van der Waals surface area contributed by atoms with Crippen LogP contribution in [0.2, 0.25) is 0 Å². The largest absolute Gasteiger partial charge is 0.456 e. The number of anilines is 2. The number of rotatable bonds is 8. The summed E-state index contributed by atoms with van der Waals surface area (Å²) in [6.07, 6.45) is 0.835. The molecular weight excluding hydrogens is 655 g/mol. The van der Waals surface area contributed by atoms with Crippen molar-refractivity contribution in [2.24, 2.45) is 0 Å². The van der Waals surface area contributed by atoms with Gasteiger partial charge in [-0.25, -0.2) is 0 Å². The highest BCUT2D eigenvalue weighted by atomic mass is 16.3. The Hall–Kier alpha value is -6.64. The van der Waals surface area contributed by atoms with E-state index in [0.29, 0.717) is 6.54 Å². The molecule has 0 unspecified atom stereocenters. The van der Waals surface area contributed by atoms with E-state index < -0.39 is 0 Å².